The molecule has 5 rings (SSSR count). The summed E-state index contributed by atoms with van der Waals surface area (Å²) in [5.41, 5.74) is 2.00. The molecule has 2 atom stereocenters. The maximum atomic E-state index is 5.64. The predicted octanol–water partition coefficient (Wildman–Crippen LogP) is 3.69. The van der Waals surface area contributed by atoms with E-state index in [-0.39, 0.29) is 5.41 Å². The van der Waals surface area contributed by atoms with Crippen molar-refractivity contribution in [2.24, 2.45) is 5.92 Å². The van der Waals surface area contributed by atoms with Crippen molar-refractivity contribution < 1.29 is 9.26 Å². The van der Waals surface area contributed by atoms with Crippen molar-refractivity contribution in [1.29, 1.82) is 0 Å². The van der Waals surface area contributed by atoms with Crippen LogP contribution in [0, 0.1) is 5.92 Å². The molecule has 2 aromatic heterocycles. The summed E-state index contributed by atoms with van der Waals surface area (Å²) in [5, 5.41) is 4.43. The highest BCUT2D eigenvalue weighted by molar-refractivity contribution is 5.52. The molecule has 1 aliphatic heterocycles. The number of benzene rings is 1. The van der Waals surface area contributed by atoms with Crippen molar-refractivity contribution in [3.63, 3.8) is 0 Å². The minimum Gasteiger partial charge on any atom is -0.481 e. The Bertz CT molecular complexity index is 958. The lowest BCUT2D eigenvalue weighted by molar-refractivity contribution is 0.282. The fourth-order valence-electron chi connectivity index (χ4n) is 4.89. The Morgan fingerprint density at radius 2 is 2.04 bits per heavy atom. The number of nitrogens with zero attached hydrogens (tertiary/aromatic N) is 4. The Morgan fingerprint density at radius 3 is 2.89 bits per heavy atom. The molecule has 0 radical (unpaired) electrons. The lowest BCUT2D eigenvalue weighted by Gasteiger charge is -2.25. The molecule has 144 valence electrons. The zero-order valence-corrected chi connectivity index (χ0v) is 16.0. The van der Waals surface area contributed by atoms with Crippen LogP contribution in [-0.2, 0) is 12.0 Å². The number of rotatable bonds is 5. The highest BCUT2D eigenvalue weighted by atomic mass is 16.5. The third-order valence-corrected chi connectivity index (χ3v) is 6.21. The van der Waals surface area contributed by atoms with E-state index in [0.29, 0.717) is 17.7 Å². The molecule has 2 fully saturated rings. The van der Waals surface area contributed by atoms with Crippen LogP contribution in [0.15, 0.2) is 53.1 Å². The minimum atomic E-state index is -0.00457. The van der Waals surface area contributed by atoms with E-state index < -0.39 is 0 Å². The molecule has 2 aliphatic rings. The topological polar surface area (TPSA) is 64.3 Å². The first-order chi connectivity index (χ1) is 13.8. The molecular weight excluding hydrogens is 352 g/mol. The molecule has 1 aliphatic carbocycles. The zero-order chi connectivity index (χ0) is 19.0. The van der Waals surface area contributed by atoms with E-state index in [4.69, 9.17) is 14.2 Å². The van der Waals surface area contributed by atoms with E-state index in [0.717, 1.165) is 43.1 Å². The SMILES string of the molecule is COc1cccc(CN2C[C@H]3CCC[C@@]3(c3noc(-c4ccccc4)n3)C2)n1. The van der Waals surface area contributed by atoms with Crippen LogP contribution in [-0.4, -0.2) is 40.2 Å². The van der Waals surface area contributed by atoms with Gasteiger partial charge in [-0.3, -0.25) is 4.90 Å². The second-order valence-electron chi connectivity index (χ2n) is 7.88. The van der Waals surface area contributed by atoms with Gasteiger partial charge >= 0.3 is 0 Å². The quantitative estimate of drug-likeness (QED) is 0.677. The normalized spacial score (nSPS) is 24.4. The number of hydrogen-bond donors (Lipinski definition) is 0. The van der Waals surface area contributed by atoms with Crippen LogP contribution in [0.2, 0.25) is 0 Å². The van der Waals surface area contributed by atoms with Gasteiger partial charge in [0.2, 0.25) is 5.88 Å². The van der Waals surface area contributed by atoms with Crippen LogP contribution >= 0.6 is 0 Å². The molecule has 0 spiro atoms. The van der Waals surface area contributed by atoms with Gasteiger partial charge in [-0.05, 0) is 37.0 Å². The van der Waals surface area contributed by atoms with Crippen LogP contribution in [0.3, 0.4) is 0 Å². The van der Waals surface area contributed by atoms with Crippen LogP contribution in [0.4, 0.5) is 0 Å². The number of pyridine rings is 1. The number of aromatic nitrogens is 3. The predicted molar refractivity (Wildman–Crippen MR) is 105 cm³/mol. The van der Waals surface area contributed by atoms with Crippen molar-refractivity contribution >= 4 is 0 Å². The summed E-state index contributed by atoms with van der Waals surface area (Å²) in [7, 11) is 1.65. The first kappa shape index (κ1) is 17.4. The number of likely N-dealkylation sites (tertiary alicyclic amines) is 1. The molecule has 0 amide bonds. The molecule has 3 heterocycles. The first-order valence-corrected chi connectivity index (χ1v) is 9.89. The number of fused-ring (bicyclic) bond motifs is 1. The van der Waals surface area contributed by atoms with E-state index in [2.05, 4.69) is 21.1 Å². The minimum absolute atomic E-state index is 0.00457. The summed E-state index contributed by atoms with van der Waals surface area (Å²) >= 11 is 0. The van der Waals surface area contributed by atoms with Crippen molar-refractivity contribution in [1.82, 2.24) is 20.0 Å². The van der Waals surface area contributed by atoms with E-state index in [9.17, 15) is 0 Å². The fourth-order valence-corrected chi connectivity index (χ4v) is 4.89. The van der Waals surface area contributed by atoms with Gasteiger partial charge in [0, 0.05) is 31.3 Å². The van der Waals surface area contributed by atoms with Gasteiger partial charge in [0.15, 0.2) is 5.82 Å². The van der Waals surface area contributed by atoms with Gasteiger partial charge in [-0.1, -0.05) is 35.8 Å². The third-order valence-electron chi connectivity index (χ3n) is 6.21. The molecule has 28 heavy (non-hydrogen) atoms. The summed E-state index contributed by atoms with van der Waals surface area (Å²) < 4.78 is 10.9. The summed E-state index contributed by atoms with van der Waals surface area (Å²) in [6.07, 6.45) is 3.57. The second-order valence-corrected chi connectivity index (χ2v) is 7.88. The van der Waals surface area contributed by atoms with Crippen molar-refractivity contribution in [2.45, 2.75) is 31.2 Å². The molecule has 0 bridgehead atoms. The van der Waals surface area contributed by atoms with Crippen LogP contribution in [0.25, 0.3) is 11.5 Å². The average molecular weight is 376 g/mol. The summed E-state index contributed by atoms with van der Waals surface area (Å²) in [5.74, 6) is 2.72. The molecule has 0 N–H and O–H groups in total. The Morgan fingerprint density at radius 1 is 1.14 bits per heavy atom. The monoisotopic (exact) mass is 376 g/mol. The van der Waals surface area contributed by atoms with Gasteiger partial charge in [0.05, 0.1) is 18.2 Å². The molecule has 1 aromatic carbocycles. The Kier molecular flexibility index (Phi) is 4.36. The first-order valence-electron chi connectivity index (χ1n) is 9.89. The maximum absolute atomic E-state index is 5.64. The van der Waals surface area contributed by atoms with Crippen LogP contribution in [0.1, 0.15) is 30.8 Å². The second kappa shape index (κ2) is 7.02. The van der Waals surface area contributed by atoms with E-state index in [1.54, 1.807) is 7.11 Å². The fraction of sp³-hybridized carbons (Fsp3) is 0.409. The molecule has 0 unspecified atom stereocenters. The molecule has 6 nitrogen and oxygen atoms in total. The van der Waals surface area contributed by atoms with Gasteiger partial charge in [0.25, 0.3) is 5.89 Å². The van der Waals surface area contributed by atoms with Gasteiger partial charge in [-0.15, -0.1) is 0 Å². The highest BCUT2D eigenvalue weighted by Crippen LogP contribution is 2.50. The zero-order valence-electron chi connectivity index (χ0n) is 16.0. The average Bonchev–Trinajstić information content (AvgIpc) is 3.43. The van der Waals surface area contributed by atoms with Gasteiger partial charge in [-0.25, -0.2) is 4.98 Å². The Balaban J connectivity index is 1.39. The van der Waals surface area contributed by atoms with Gasteiger partial charge < -0.3 is 9.26 Å². The molecule has 1 saturated heterocycles. The lowest BCUT2D eigenvalue weighted by Crippen LogP contribution is -2.33. The Labute approximate surface area is 164 Å². The molecule has 6 heteroatoms. The summed E-state index contributed by atoms with van der Waals surface area (Å²) in [6, 6.07) is 15.9. The van der Waals surface area contributed by atoms with Crippen LogP contribution in [0.5, 0.6) is 5.88 Å². The number of hydrogen-bond acceptors (Lipinski definition) is 6. The number of methoxy groups -OCH3 is 1. The Hall–Kier alpha value is -2.73. The van der Waals surface area contributed by atoms with E-state index in [1.165, 1.54) is 12.8 Å². The molecule has 1 saturated carbocycles. The standard InChI is InChI=1S/C22H24N4O2/c1-27-19-11-5-10-18(23-19)14-26-13-17-9-6-12-22(17,15-26)21-24-20(28-25-21)16-7-3-2-4-8-16/h2-5,7-8,10-11,17H,6,9,12-15H2,1H3/t17-,22-/m1/s1. The van der Waals surface area contributed by atoms with Crippen molar-refractivity contribution in [3.8, 4) is 17.3 Å². The molecular formula is C22H24N4O2. The largest absolute Gasteiger partial charge is 0.481 e. The van der Waals surface area contributed by atoms with Gasteiger partial charge in [-0.2, -0.15) is 4.98 Å². The van der Waals surface area contributed by atoms with Crippen molar-refractivity contribution in [3.05, 3.63) is 60.0 Å². The maximum Gasteiger partial charge on any atom is 0.257 e. The number of ether oxygens (including phenoxy) is 1. The summed E-state index contributed by atoms with van der Waals surface area (Å²) in [6.45, 7) is 2.82. The summed E-state index contributed by atoms with van der Waals surface area (Å²) in [4.78, 5) is 11.9. The third kappa shape index (κ3) is 2.98. The van der Waals surface area contributed by atoms with E-state index in [1.807, 2.05) is 42.5 Å². The lowest BCUT2D eigenvalue weighted by atomic mass is 9.80. The van der Waals surface area contributed by atoms with Gasteiger partial charge in [0.1, 0.15) is 0 Å². The smallest absolute Gasteiger partial charge is 0.257 e. The highest BCUT2D eigenvalue weighted by Gasteiger charge is 2.53. The molecule has 3 aromatic rings. The van der Waals surface area contributed by atoms with E-state index >= 15 is 0 Å². The van der Waals surface area contributed by atoms with Crippen LogP contribution < -0.4 is 4.74 Å². The van der Waals surface area contributed by atoms with Crippen molar-refractivity contribution in [2.75, 3.05) is 20.2 Å².